The second-order valence-corrected chi connectivity index (χ2v) is 5.95. The summed E-state index contributed by atoms with van der Waals surface area (Å²) in [7, 11) is 1.33. The molecule has 0 aliphatic heterocycles. The van der Waals surface area contributed by atoms with Crippen LogP contribution in [0.15, 0.2) is 24.3 Å². The van der Waals surface area contributed by atoms with Crippen LogP contribution in [0.25, 0.3) is 10.9 Å². The van der Waals surface area contributed by atoms with Gasteiger partial charge in [-0.05, 0) is 37.5 Å². The molecule has 1 atom stereocenters. The zero-order valence-corrected chi connectivity index (χ0v) is 13.4. The van der Waals surface area contributed by atoms with Gasteiger partial charge < -0.3 is 15.0 Å². The first-order valence-electron chi connectivity index (χ1n) is 7.38. The number of carbonyl (C=O) groups is 2. The Kier molecular flexibility index (Phi) is 4.85. The predicted octanol–water partition coefficient (Wildman–Crippen LogP) is 2.79. The number of amides is 1. The van der Waals surface area contributed by atoms with Crippen molar-refractivity contribution in [2.75, 3.05) is 7.11 Å². The molecule has 0 aliphatic rings. The molecule has 0 fully saturated rings. The molecule has 1 heterocycles. The highest BCUT2D eigenvalue weighted by Crippen LogP contribution is 2.17. The van der Waals surface area contributed by atoms with Crippen LogP contribution in [0.5, 0.6) is 0 Å². The number of ether oxygens (including phenoxy) is 1. The third-order valence-corrected chi connectivity index (χ3v) is 3.52. The summed E-state index contributed by atoms with van der Waals surface area (Å²) in [6.45, 7) is 5.99. The van der Waals surface area contributed by atoms with Gasteiger partial charge in [0, 0.05) is 10.9 Å². The van der Waals surface area contributed by atoms with Crippen molar-refractivity contribution in [3.8, 4) is 0 Å². The smallest absolute Gasteiger partial charge is 0.328 e. The Hall–Kier alpha value is -2.30. The number of nitrogens with one attached hydrogen (secondary N) is 2. The standard InChI is InChI=1S/C17H22N2O3/c1-10(2)7-15(17(21)22-4)19-16(20)14-9-12-8-11(3)5-6-13(12)18-14/h5-6,8-10,15,18H,7H2,1-4H3,(H,19,20). The number of hydrogen-bond donors (Lipinski definition) is 2. The van der Waals surface area contributed by atoms with E-state index in [-0.39, 0.29) is 11.8 Å². The molecular weight excluding hydrogens is 280 g/mol. The van der Waals surface area contributed by atoms with E-state index in [0.717, 1.165) is 16.5 Å². The van der Waals surface area contributed by atoms with Gasteiger partial charge in [0.15, 0.2) is 0 Å². The van der Waals surface area contributed by atoms with Gasteiger partial charge in [-0.2, -0.15) is 0 Å². The quantitative estimate of drug-likeness (QED) is 0.834. The van der Waals surface area contributed by atoms with E-state index in [2.05, 4.69) is 10.3 Å². The van der Waals surface area contributed by atoms with Crippen LogP contribution in [0.3, 0.4) is 0 Å². The van der Waals surface area contributed by atoms with Crippen LogP contribution in [0.4, 0.5) is 0 Å². The minimum Gasteiger partial charge on any atom is -0.467 e. The fraction of sp³-hybridized carbons (Fsp3) is 0.412. The Bertz CT molecular complexity index is 688. The van der Waals surface area contributed by atoms with Gasteiger partial charge in [-0.1, -0.05) is 25.5 Å². The Balaban J connectivity index is 2.19. The van der Waals surface area contributed by atoms with Crippen LogP contribution in [-0.2, 0) is 9.53 Å². The van der Waals surface area contributed by atoms with Gasteiger partial charge in [-0.15, -0.1) is 0 Å². The molecule has 0 bridgehead atoms. The molecule has 1 aromatic heterocycles. The number of H-pyrrole nitrogens is 1. The average molecular weight is 302 g/mol. The second-order valence-electron chi connectivity index (χ2n) is 5.95. The molecule has 0 radical (unpaired) electrons. The zero-order valence-electron chi connectivity index (χ0n) is 13.4. The number of hydrogen-bond acceptors (Lipinski definition) is 3. The summed E-state index contributed by atoms with van der Waals surface area (Å²) in [6.07, 6.45) is 0.539. The van der Waals surface area contributed by atoms with Crippen LogP contribution in [0.1, 0.15) is 36.3 Å². The molecule has 2 aromatic rings. The average Bonchev–Trinajstić information content (AvgIpc) is 2.88. The molecule has 0 saturated heterocycles. The number of benzene rings is 1. The predicted molar refractivity (Wildman–Crippen MR) is 85.8 cm³/mol. The zero-order chi connectivity index (χ0) is 16.3. The van der Waals surface area contributed by atoms with E-state index in [1.807, 2.05) is 39.0 Å². The number of aryl methyl sites for hydroxylation is 1. The summed E-state index contributed by atoms with van der Waals surface area (Å²) in [5.74, 6) is -0.450. The normalized spacial score (nSPS) is 12.4. The molecule has 1 aromatic carbocycles. The molecule has 2 rings (SSSR count). The summed E-state index contributed by atoms with van der Waals surface area (Å²) < 4.78 is 4.76. The van der Waals surface area contributed by atoms with E-state index >= 15 is 0 Å². The number of rotatable bonds is 5. The van der Waals surface area contributed by atoms with E-state index in [1.165, 1.54) is 7.11 Å². The van der Waals surface area contributed by atoms with Crippen LogP contribution in [0.2, 0.25) is 0 Å². The molecule has 0 aliphatic carbocycles. The maximum absolute atomic E-state index is 12.4. The maximum Gasteiger partial charge on any atom is 0.328 e. The fourth-order valence-corrected chi connectivity index (χ4v) is 2.44. The molecule has 22 heavy (non-hydrogen) atoms. The maximum atomic E-state index is 12.4. The highest BCUT2D eigenvalue weighted by molar-refractivity contribution is 5.99. The van der Waals surface area contributed by atoms with E-state index in [4.69, 9.17) is 4.74 Å². The van der Waals surface area contributed by atoms with Gasteiger partial charge in [0.1, 0.15) is 11.7 Å². The molecule has 118 valence electrons. The molecule has 1 amide bonds. The topological polar surface area (TPSA) is 71.2 Å². The lowest BCUT2D eigenvalue weighted by molar-refractivity contribution is -0.143. The van der Waals surface area contributed by atoms with Crippen molar-refractivity contribution in [2.45, 2.75) is 33.2 Å². The first-order chi connectivity index (χ1) is 10.4. The summed E-state index contributed by atoms with van der Waals surface area (Å²) in [6, 6.07) is 7.09. The first kappa shape index (κ1) is 16.1. The molecule has 0 saturated carbocycles. The van der Waals surface area contributed by atoms with Gasteiger partial charge >= 0.3 is 5.97 Å². The molecule has 2 N–H and O–H groups in total. The third kappa shape index (κ3) is 3.67. The highest BCUT2D eigenvalue weighted by atomic mass is 16.5. The van der Waals surface area contributed by atoms with Crippen LogP contribution in [-0.4, -0.2) is 30.0 Å². The van der Waals surface area contributed by atoms with Crippen molar-refractivity contribution < 1.29 is 14.3 Å². The first-order valence-corrected chi connectivity index (χ1v) is 7.38. The lowest BCUT2D eigenvalue weighted by Crippen LogP contribution is -2.42. The summed E-state index contributed by atoms with van der Waals surface area (Å²) in [5.41, 5.74) is 2.47. The van der Waals surface area contributed by atoms with Crippen molar-refractivity contribution >= 4 is 22.8 Å². The number of aromatic amines is 1. The van der Waals surface area contributed by atoms with Gasteiger partial charge in [-0.3, -0.25) is 4.79 Å². The number of aromatic nitrogens is 1. The molecule has 5 nitrogen and oxygen atoms in total. The van der Waals surface area contributed by atoms with Gasteiger partial charge in [0.05, 0.1) is 7.11 Å². The fourth-order valence-electron chi connectivity index (χ4n) is 2.44. The number of carbonyl (C=O) groups excluding carboxylic acids is 2. The minimum atomic E-state index is -0.634. The number of methoxy groups -OCH3 is 1. The van der Waals surface area contributed by atoms with Crippen LogP contribution >= 0.6 is 0 Å². The van der Waals surface area contributed by atoms with Crippen LogP contribution < -0.4 is 5.32 Å². The molecule has 5 heteroatoms. The van der Waals surface area contributed by atoms with E-state index in [0.29, 0.717) is 12.1 Å². The largest absolute Gasteiger partial charge is 0.467 e. The van der Waals surface area contributed by atoms with Crippen LogP contribution in [0, 0.1) is 12.8 Å². The summed E-state index contributed by atoms with van der Waals surface area (Å²) >= 11 is 0. The van der Waals surface area contributed by atoms with Gasteiger partial charge in [0.25, 0.3) is 5.91 Å². The van der Waals surface area contributed by atoms with Crippen molar-refractivity contribution in [2.24, 2.45) is 5.92 Å². The molecular formula is C17H22N2O3. The van der Waals surface area contributed by atoms with Crippen molar-refractivity contribution in [1.82, 2.24) is 10.3 Å². The number of esters is 1. The lowest BCUT2D eigenvalue weighted by atomic mass is 10.0. The van der Waals surface area contributed by atoms with E-state index in [1.54, 1.807) is 6.07 Å². The summed E-state index contributed by atoms with van der Waals surface area (Å²) in [4.78, 5) is 27.2. The van der Waals surface area contributed by atoms with Crippen molar-refractivity contribution in [1.29, 1.82) is 0 Å². The monoisotopic (exact) mass is 302 g/mol. The highest BCUT2D eigenvalue weighted by Gasteiger charge is 2.23. The molecule has 1 unspecified atom stereocenters. The number of fused-ring (bicyclic) bond motifs is 1. The van der Waals surface area contributed by atoms with E-state index in [9.17, 15) is 9.59 Å². The Morgan fingerprint density at radius 2 is 2.00 bits per heavy atom. The second kappa shape index (κ2) is 6.64. The Morgan fingerprint density at radius 1 is 1.27 bits per heavy atom. The minimum absolute atomic E-state index is 0.273. The van der Waals surface area contributed by atoms with E-state index < -0.39 is 12.0 Å². The SMILES string of the molecule is COC(=O)C(CC(C)C)NC(=O)c1cc2cc(C)ccc2[nH]1. The Morgan fingerprint density at radius 3 is 2.64 bits per heavy atom. The summed E-state index contributed by atoms with van der Waals surface area (Å²) in [5, 5.41) is 3.72. The van der Waals surface area contributed by atoms with Crippen molar-refractivity contribution in [3.05, 3.63) is 35.5 Å². The van der Waals surface area contributed by atoms with Gasteiger partial charge in [0.2, 0.25) is 0 Å². The van der Waals surface area contributed by atoms with Gasteiger partial charge in [-0.25, -0.2) is 4.79 Å². The lowest BCUT2D eigenvalue weighted by Gasteiger charge is -2.17. The molecule has 0 spiro atoms. The Labute approximate surface area is 130 Å². The van der Waals surface area contributed by atoms with Crippen molar-refractivity contribution in [3.63, 3.8) is 0 Å². The third-order valence-electron chi connectivity index (χ3n) is 3.52.